The van der Waals surface area contributed by atoms with Gasteiger partial charge in [-0.1, -0.05) is 35.4 Å². The van der Waals surface area contributed by atoms with Crippen LogP contribution in [-0.2, 0) is 14.8 Å². The number of carbonyl (C=O) groups excluding carboxylic acids is 1. The molecule has 3 rings (SSSR count). The number of aryl methyl sites for hydroxylation is 1. The van der Waals surface area contributed by atoms with Crippen LogP contribution >= 0.6 is 11.6 Å². The fourth-order valence-corrected chi connectivity index (χ4v) is 4.77. The maximum absolute atomic E-state index is 12.9. The molecular formula is C18H19ClN2O3S. The number of rotatable bonds is 4. The SMILES string of the molecule is Cc1ccc(S(=O)(=O)N2CCC[C@@H]2C(=O)Nc2cccc(Cl)c2)cc1. The lowest BCUT2D eigenvalue weighted by Gasteiger charge is -2.23. The molecule has 0 spiro atoms. The van der Waals surface area contributed by atoms with Gasteiger partial charge in [0.1, 0.15) is 6.04 Å². The van der Waals surface area contributed by atoms with E-state index in [2.05, 4.69) is 5.32 Å². The molecule has 1 fully saturated rings. The molecule has 2 aromatic rings. The van der Waals surface area contributed by atoms with Gasteiger partial charge in [-0.15, -0.1) is 0 Å². The molecule has 0 aromatic heterocycles. The van der Waals surface area contributed by atoms with Crippen molar-refractivity contribution in [1.29, 1.82) is 0 Å². The van der Waals surface area contributed by atoms with Crippen LogP contribution in [-0.4, -0.2) is 31.2 Å². The molecule has 2 aromatic carbocycles. The summed E-state index contributed by atoms with van der Waals surface area (Å²) in [7, 11) is -3.70. The monoisotopic (exact) mass is 378 g/mol. The molecule has 1 atom stereocenters. The van der Waals surface area contributed by atoms with E-state index in [-0.39, 0.29) is 10.8 Å². The van der Waals surface area contributed by atoms with E-state index in [9.17, 15) is 13.2 Å². The Hall–Kier alpha value is -1.89. The quantitative estimate of drug-likeness (QED) is 0.886. The van der Waals surface area contributed by atoms with Crippen molar-refractivity contribution < 1.29 is 13.2 Å². The molecule has 1 aliphatic heterocycles. The molecule has 0 radical (unpaired) electrons. The van der Waals surface area contributed by atoms with E-state index in [0.29, 0.717) is 30.1 Å². The average molecular weight is 379 g/mol. The number of halogens is 1. The topological polar surface area (TPSA) is 66.5 Å². The van der Waals surface area contributed by atoms with Crippen molar-refractivity contribution in [1.82, 2.24) is 4.31 Å². The molecule has 1 aliphatic rings. The molecule has 0 saturated carbocycles. The summed E-state index contributed by atoms with van der Waals surface area (Å²) in [6.45, 7) is 2.23. The first kappa shape index (κ1) is 17.9. The molecule has 0 aliphatic carbocycles. The molecule has 132 valence electrons. The van der Waals surface area contributed by atoms with Crippen LogP contribution in [0.15, 0.2) is 53.4 Å². The standard InChI is InChI=1S/C18H19ClN2O3S/c1-13-7-9-16(10-8-13)25(23,24)21-11-3-6-17(21)18(22)20-15-5-2-4-14(19)12-15/h2,4-5,7-10,12,17H,3,6,11H2,1H3,(H,20,22)/t17-/m1/s1. The van der Waals surface area contributed by atoms with Gasteiger partial charge in [-0.3, -0.25) is 4.79 Å². The van der Waals surface area contributed by atoms with E-state index in [4.69, 9.17) is 11.6 Å². The van der Waals surface area contributed by atoms with Crippen LogP contribution in [0.1, 0.15) is 18.4 Å². The fourth-order valence-electron chi connectivity index (χ4n) is 2.93. The molecule has 0 bridgehead atoms. The van der Waals surface area contributed by atoms with Gasteiger partial charge < -0.3 is 5.32 Å². The number of hydrogen-bond donors (Lipinski definition) is 1. The molecule has 7 heteroatoms. The van der Waals surface area contributed by atoms with Gasteiger partial charge >= 0.3 is 0 Å². The zero-order chi connectivity index (χ0) is 18.0. The predicted octanol–water partition coefficient (Wildman–Crippen LogP) is 3.44. The molecule has 25 heavy (non-hydrogen) atoms. The minimum Gasteiger partial charge on any atom is -0.325 e. The Morgan fingerprint density at radius 3 is 2.60 bits per heavy atom. The Bertz CT molecular complexity index is 881. The molecule has 1 N–H and O–H groups in total. The molecule has 1 heterocycles. The Kier molecular flexibility index (Phi) is 5.13. The van der Waals surface area contributed by atoms with Crippen molar-refractivity contribution in [2.24, 2.45) is 0 Å². The van der Waals surface area contributed by atoms with Crippen LogP contribution in [0.3, 0.4) is 0 Å². The summed E-state index contributed by atoms with van der Waals surface area (Å²) in [6.07, 6.45) is 1.15. The van der Waals surface area contributed by atoms with E-state index < -0.39 is 16.1 Å². The summed E-state index contributed by atoms with van der Waals surface area (Å²) in [4.78, 5) is 12.8. The average Bonchev–Trinajstić information content (AvgIpc) is 3.06. The van der Waals surface area contributed by atoms with E-state index in [0.717, 1.165) is 5.56 Å². The van der Waals surface area contributed by atoms with E-state index in [1.165, 1.54) is 4.31 Å². The lowest BCUT2D eigenvalue weighted by molar-refractivity contribution is -0.119. The highest BCUT2D eigenvalue weighted by atomic mass is 35.5. The summed E-state index contributed by atoms with van der Waals surface area (Å²) in [5.41, 5.74) is 1.53. The fraction of sp³-hybridized carbons (Fsp3) is 0.278. The third-order valence-electron chi connectivity index (χ3n) is 4.23. The number of nitrogens with one attached hydrogen (secondary N) is 1. The second-order valence-electron chi connectivity index (χ2n) is 6.09. The summed E-state index contributed by atoms with van der Waals surface area (Å²) in [5.74, 6) is -0.338. The highest BCUT2D eigenvalue weighted by Crippen LogP contribution is 2.27. The van der Waals surface area contributed by atoms with Crippen molar-refractivity contribution in [2.45, 2.75) is 30.7 Å². The number of carbonyl (C=O) groups is 1. The normalized spacial score (nSPS) is 18.2. The van der Waals surface area contributed by atoms with Crippen molar-refractivity contribution in [2.75, 3.05) is 11.9 Å². The van der Waals surface area contributed by atoms with E-state index >= 15 is 0 Å². The summed E-state index contributed by atoms with van der Waals surface area (Å²) < 4.78 is 27.1. The van der Waals surface area contributed by atoms with Gasteiger partial charge in [0.2, 0.25) is 15.9 Å². The van der Waals surface area contributed by atoms with Crippen LogP contribution in [0.5, 0.6) is 0 Å². The smallest absolute Gasteiger partial charge is 0.243 e. The van der Waals surface area contributed by atoms with Crippen molar-refractivity contribution in [3.05, 3.63) is 59.1 Å². The lowest BCUT2D eigenvalue weighted by Crippen LogP contribution is -2.43. The molecule has 5 nitrogen and oxygen atoms in total. The number of hydrogen-bond acceptors (Lipinski definition) is 3. The number of nitrogens with zero attached hydrogens (tertiary/aromatic N) is 1. The van der Waals surface area contributed by atoms with Crippen molar-refractivity contribution in [3.8, 4) is 0 Å². The number of sulfonamides is 1. The number of anilines is 1. The van der Waals surface area contributed by atoms with Crippen LogP contribution in [0.2, 0.25) is 5.02 Å². The Labute approximate surface area is 152 Å². The maximum Gasteiger partial charge on any atom is 0.243 e. The Balaban J connectivity index is 1.82. The number of amides is 1. The van der Waals surface area contributed by atoms with E-state index in [1.54, 1.807) is 48.5 Å². The summed E-state index contributed by atoms with van der Waals surface area (Å²) >= 11 is 5.92. The third kappa shape index (κ3) is 3.86. The molecule has 0 unspecified atom stereocenters. The zero-order valence-corrected chi connectivity index (χ0v) is 15.3. The first-order chi connectivity index (χ1) is 11.9. The highest BCUT2D eigenvalue weighted by Gasteiger charge is 2.39. The molecule has 1 saturated heterocycles. The van der Waals surface area contributed by atoms with Crippen LogP contribution < -0.4 is 5.32 Å². The first-order valence-corrected chi connectivity index (χ1v) is 9.85. The van der Waals surface area contributed by atoms with Gasteiger partial charge in [-0.2, -0.15) is 4.31 Å². The Morgan fingerprint density at radius 2 is 1.92 bits per heavy atom. The van der Waals surface area contributed by atoms with Gasteiger partial charge in [0.05, 0.1) is 4.90 Å². The Morgan fingerprint density at radius 1 is 1.20 bits per heavy atom. The number of benzene rings is 2. The maximum atomic E-state index is 12.9. The molecular weight excluding hydrogens is 360 g/mol. The van der Waals surface area contributed by atoms with Gasteiger partial charge in [0.15, 0.2) is 0 Å². The van der Waals surface area contributed by atoms with Crippen LogP contribution in [0.25, 0.3) is 0 Å². The second kappa shape index (κ2) is 7.15. The predicted molar refractivity (Wildman–Crippen MR) is 98.2 cm³/mol. The van der Waals surface area contributed by atoms with E-state index in [1.807, 2.05) is 6.92 Å². The first-order valence-electron chi connectivity index (χ1n) is 8.03. The zero-order valence-electron chi connectivity index (χ0n) is 13.8. The van der Waals surface area contributed by atoms with Gasteiger partial charge in [-0.05, 0) is 50.1 Å². The van der Waals surface area contributed by atoms with Crippen molar-refractivity contribution >= 4 is 33.2 Å². The third-order valence-corrected chi connectivity index (χ3v) is 6.38. The second-order valence-corrected chi connectivity index (χ2v) is 8.41. The largest absolute Gasteiger partial charge is 0.325 e. The lowest BCUT2D eigenvalue weighted by atomic mass is 10.2. The minimum atomic E-state index is -3.70. The minimum absolute atomic E-state index is 0.209. The molecule has 1 amide bonds. The summed E-state index contributed by atoms with van der Waals surface area (Å²) in [6, 6.07) is 12.7. The van der Waals surface area contributed by atoms with Crippen LogP contribution in [0.4, 0.5) is 5.69 Å². The van der Waals surface area contributed by atoms with Crippen molar-refractivity contribution in [3.63, 3.8) is 0 Å². The highest BCUT2D eigenvalue weighted by molar-refractivity contribution is 7.89. The van der Waals surface area contributed by atoms with Crippen LogP contribution in [0, 0.1) is 6.92 Å². The summed E-state index contributed by atoms with van der Waals surface area (Å²) in [5, 5.41) is 3.27. The van der Waals surface area contributed by atoms with Gasteiger partial charge in [0, 0.05) is 17.3 Å². The van der Waals surface area contributed by atoms with Gasteiger partial charge in [0.25, 0.3) is 0 Å². The van der Waals surface area contributed by atoms with Gasteiger partial charge in [-0.25, -0.2) is 8.42 Å².